The Balaban J connectivity index is 1.42. The molecule has 3 aliphatic heterocycles. The second-order valence-electron chi connectivity index (χ2n) is 9.27. The van der Waals surface area contributed by atoms with Gasteiger partial charge in [-0.1, -0.05) is 48.5 Å². The molecule has 0 N–H and O–H groups in total. The Hall–Kier alpha value is -4.64. The van der Waals surface area contributed by atoms with Gasteiger partial charge in [-0.2, -0.15) is 0 Å². The molecule has 0 unspecified atom stereocenters. The van der Waals surface area contributed by atoms with Gasteiger partial charge < -0.3 is 18.8 Å². The molecule has 0 radical (unpaired) electrons. The van der Waals surface area contributed by atoms with Gasteiger partial charge in [-0.05, 0) is 48.5 Å². The first-order valence-corrected chi connectivity index (χ1v) is 11.8. The van der Waals surface area contributed by atoms with Crippen molar-refractivity contribution in [3.8, 4) is 40.2 Å². The Morgan fingerprint density at radius 3 is 1.57 bits per heavy atom. The summed E-state index contributed by atoms with van der Waals surface area (Å²) >= 11 is 0. The average Bonchev–Trinajstić information content (AvgIpc) is 3.23. The van der Waals surface area contributed by atoms with Crippen molar-refractivity contribution in [3.05, 3.63) is 97.1 Å². The number of para-hydroxylation sites is 2. The molecular formula is C30H16BNO3. The molecule has 0 fully saturated rings. The average molecular weight is 449 g/mol. The molecule has 0 bridgehead atoms. The van der Waals surface area contributed by atoms with Crippen molar-refractivity contribution in [3.63, 3.8) is 0 Å². The molecule has 4 heterocycles. The van der Waals surface area contributed by atoms with E-state index in [0.29, 0.717) is 0 Å². The predicted molar refractivity (Wildman–Crippen MR) is 139 cm³/mol. The highest BCUT2D eigenvalue weighted by Crippen LogP contribution is 2.44. The van der Waals surface area contributed by atoms with Crippen molar-refractivity contribution in [2.75, 3.05) is 0 Å². The standard InChI is InChI=1S/C30H16BNO3/c1-3-9-19-17(7-1)18-8-2-4-10-20(18)32(19)21-15-16-26-29-30(21)35-25-14-6-13-24-28(25)31(29)27-22(33-24)11-5-12-23(27)34-26/h1-16H. The maximum Gasteiger partial charge on any atom is 0.270 e. The van der Waals surface area contributed by atoms with E-state index in [9.17, 15) is 0 Å². The predicted octanol–water partition coefficient (Wildman–Crippen LogP) is 5.62. The van der Waals surface area contributed by atoms with E-state index in [4.69, 9.17) is 14.2 Å². The molecular weight excluding hydrogens is 433 g/mol. The minimum atomic E-state index is 0.00157. The molecule has 5 heteroatoms. The number of benzene rings is 5. The molecule has 6 aromatic rings. The quantitative estimate of drug-likeness (QED) is 0.305. The zero-order valence-electron chi connectivity index (χ0n) is 18.5. The van der Waals surface area contributed by atoms with Crippen LogP contribution in [0.5, 0.6) is 34.5 Å². The fourth-order valence-corrected chi connectivity index (χ4v) is 6.15. The van der Waals surface area contributed by atoms with Gasteiger partial charge in [0.05, 0.1) is 16.7 Å². The van der Waals surface area contributed by atoms with E-state index in [-0.39, 0.29) is 6.71 Å². The molecule has 5 aromatic carbocycles. The van der Waals surface area contributed by atoms with Gasteiger partial charge in [-0.15, -0.1) is 0 Å². The van der Waals surface area contributed by atoms with Crippen LogP contribution in [0, 0.1) is 0 Å². The maximum atomic E-state index is 6.72. The molecule has 4 nitrogen and oxygen atoms in total. The largest absolute Gasteiger partial charge is 0.458 e. The third-order valence-electron chi connectivity index (χ3n) is 7.53. The van der Waals surface area contributed by atoms with Gasteiger partial charge in [0.15, 0.2) is 0 Å². The van der Waals surface area contributed by atoms with E-state index >= 15 is 0 Å². The van der Waals surface area contributed by atoms with Crippen molar-refractivity contribution in [2.24, 2.45) is 0 Å². The second kappa shape index (κ2) is 6.07. The number of hydrogen-bond acceptors (Lipinski definition) is 3. The number of nitrogens with zero attached hydrogens (tertiary/aromatic N) is 1. The van der Waals surface area contributed by atoms with Crippen LogP contribution >= 0.6 is 0 Å². The molecule has 0 aliphatic carbocycles. The van der Waals surface area contributed by atoms with Crippen LogP contribution in [0.3, 0.4) is 0 Å². The van der Waals surface area contributed by atoms with Crippen LogP contribution in [-0.4, -0.2) is 11.3 Å². The third-order valence-corrected chi connectivity index (χ3v) is 7.53. The molecule has 0 spiro atoms. The number of aromatic nitrogens is 1. The molecule has 162 valence electrons. The fraction of sp³-hybridized carbons (Fsp3) is 0. The molecule has 0 saturated heterocycles. The minimum Gasteiger partial charge on any atom is -0.458 e. The van der Waals surface area contributed by atoms with Crippen LogP contribution in [-0.2, 0) is 0 Å². The van der Waals surface area contributed by atoms with Gasteiger partial charge in [-0.25, -0.2) is 0 Å². The summed E-state index contributed by atoms with van der Waals surface area (Å²) in [6, 6.07) is 33.4. The number of hydrogen-bond donors (Lipinski definition) is 0. The lowest BCUT2D eigenvalue weighted by Crippen LogP contribution is -2.59. The first-order chi connectivity index (χ1) is 17.4. The lowest BCUT2D eigenvalue weighted by molar-refractivity contribution is 0.442. The van der Waals surface area contributed by atoms with Crippen LogP contribution in [0.25, 0.3) is 27.5 Å². The SMILES string of the molecule is c1cc2c3c(c1)Oc1ccc(-n4c5ccccc5c5ccccc54)c4c1B3c1c(cccc1O4)O2. The van der Waals surface area contributed by atoms with Crippen molar-refractivity contribution in [1.29, 1.82) is 0 Å². The molecule has 9 rings (SSSR count). The third kappa shape index (κ3) is 2.10. The van der Waals surface area contributed by atoms with E-state index in [1.54, 1.807) is 0 Å². The van der Waals surface area contributed by atoms with Crippen LogP contribution in [0.2, 0.25) is 0 Å². The van der Waals surface area contributed by atoms with E-state index in [1.165, 1.54) is 10.8 Å². The monoisotopic (exact) mass is 449 g/mol. The lowest BCUT2D eigenvalue weighted by Gasteiger charge is -2.38. The Morgan fingerprint density at radius 1 is 0.457 bits per heavy atom. The summed E-state index contributed by atoms with van der Waals surface area (Å²) in [4.78, 5) is 0. The van der Waals surface area contributed by atoms with Gasteiger partial charge in [0.1, 0.15) is 34.5 Å². The van der Waals surface area contributed by atoms with E-state index in [2.05, 4.69) is 65.2 Å². The normalized spacial score (nSPS) is 13.8. The highest BCUT2D eigenvalue weighted by Gasteiger charge is 2.47. The summed E-state index contributed by atoms with van der Waals surface area (Å²) in [6.07, 6.45) is 0. The topological polar surface area (TPSA) is 32.6 Å². The van der Waals surface area contributed by atoms with E-state index < -0.39 is 0 Å². The first kappa shape index (κ1) is 17.8. The van der Waals surface area contributed by atoms with Gasteiger partial charge in [0, 0.05) is 27.2 Å². The maximum absolute atomic E-state index is 6.72. The van der Waals surface area contributed by atoms with E-state index in [0.717, 1.165) is 67.6 Å². The molecule has 0 atom stereocenters. The van der Waals surface area contributed by atoms with Gasteiger partial charge in [0.25, 0.3) is 6.71 Å². The second-order valence-corrected chi connectivity index (χ2v) is 9.27. The fourth-order valence-electron chi connectivity index (χ4n) is 6.15. The zero-order valence-corrected chi connectivity index (χ0v) is 18.5. The number of fused-ring (bicyclic) bond motifs is 3. The minimum absolute atomic E-state index is 0.00157. The smallest absolute Gasteiger partial charge is 0.270 e. The molecule has 0 amide bonds. The van der Waals surface area contributed by atoms with Gasteiger partial charge in [0.2, 0.25) is 0 Å². The van der Waals surface area contributed by atoms with Crippen molar-refractivity contribution < 1.29 is 14.2 Å². The first-order valence-electron chi connectivity index (χ1n) is 11.8. The summed E-state index contributed by atoms with van der Waals surface area (Å²) in [7, 11) is 0. The number of rotatable bonds is 1. The van der Waals surface area contributed by atoms with Crippen LogP contribution in [0.1, 0.15) is 0 Å². The van der Waals surface area contributed by atoms with Crippen LogP contribution in [0.15, 0.2) is 97.1 Å². The highest BCUT2D eigenvalue weighted by atomic mass is 16.5. The van der Waals surface area contributed by atoms with E-state index in [1.807, 2.05) is 36.4 Å². The van der Waals surface area contributed by atoms with Gasteiger partial charge in [-0.3, -0.25) is 0 Å². The summed E-state index contributed by atoms with van der Waals surface area (Å²) in [5, 5.41) is 2.45. The Labute approximate surface area is 201 Å². The molecule has 0 saturated carbocycles. The zero-order chi connectivity index (χ0) is 22.7. The van der Waals surface area contributed by atoms with Crippen molar-refractivity contribution >= 4 is 44.9 Å². The number of ether oxygens (including phenoxy) is 3. The Bertz CT molecular complexity index is 1820. The van der Waals surface area contributed by atoms with Crippen LogP contribution < -0.4 is 30.6 Å². The summed E-state index contributed by atoms with van der Waals surface area (Å²) in [6.45, 7) is 0.00157. The highest BCUT2D eigenvalue weighted by molar-refractivity contribution is 6.99. The summed E-state index contributed by atoms with van der Waals surface area (Å²) < 4.78 is 21.8. The Morgan fingerprint density at radius 2 is 0.971 bits per heavy atom. The van der Waals surface area contributed by atoms with Crippen molar-refractivity contribution in [2.45, 2.75) is 0 Å². The Kier molecular flexibility index (Phi) is 3.09. The molecule has 3 aliphatic rings. The van der Waals surface area contributed by atoms with Crippen LogP contribution in [0.4, 0.5) is 0 Å². The van der Waals surface area contributed by atoms with Crippen molar-refractivity contribution in [1.82, 2.24) is 4.57 Å². The lowest BCUT2D eigenvalue weighted by atomic mass is 9.34. The molecule has 1 aromatic heterocycles. The summed E-state index contributed by atoms with van der Waals surface area (Å²) in [5.74, 6) is 5.04. The summed E-state index contributed by atoms with van der Waals surface area (Å²) in [5.41, 5.74) is 6.52. The van der Waals surface area contributed by atoms with Gasteiger partial charge >= 0.3 is 0 Å². The molecule has 35 heavy (non-hydrogen) atoms.